The Morgan fingerprint density at radius 2 is 1.85 bits per heavy atom. The van der Waals surface area contributed by atoms with Crippen LogP contribution in [0.3, 0.4) is 0 Å². The summed E-state index contributed by atoms with van der Waals surface area (Å²) in [6, 6.07) is 11.7. The van der Waals surface area contributed by atoms with Crippen LogP contribution in [0.4, 0.5) is 0 Å². The number of benzene rings is 1. The molecular formula is C19H22N4O3. The van der Waals surface area contributed by atoms with Crippen LogP contribution in [0.25, 0.3) is 5.69 Å². The molecule has 0 unspecified atom stereocenters. The van der Waals surface area contributed by atoms with Crippen molar-refractivity contribution < 1.29 is 14.1 Å². The van der Waals surface area contributed by atoms with Gasteiger partial charge in [0.2, 0.25) is 0 Å². The van der Waals surface area contributed by atoms with Crippen LogP contribution in [-0.2, 0) is 17.8 Å². The molecule has 0 radical (unpaired) electrons. The van der Waals surface area contributed by atoms with Gasteiger partial charge in [-0.05, 0) is 50.2 Å². The van der Waals surface area contributed by atoms with E-state index in [0.717, 1.165) is 17.1 Å². The Morgan fingerprint density at radius 3 is 2.50 bits per heavy atom. The van der Waals surface area contributed by atoms with Gasteiger partial charge in [0.1, 0.15) is 6.61 Å². The summed E-state index contributed by atoms with van der Waals surface area (Å²) in [5.41, 5.74) is 3.98. The van der Waals surface area contributed by atoms with E-state index in [1.165, 1.54) is 0 Å². The minimum atomic E-state index is -0.127. The van der Waals surface area contributed by atoms with E-state index in [1.807, 2.05) is 24.3 Å². The molecule has 3 rings (SSSR count). The number of ether oxygens (including phenoxy) is 1. The van der Waals surface area contributed by atoms with Crippen molar-refractivity contribution in [1.82, 2.24) is 20.0 Å². The summed E-state index contributed by atoms with van der Waals surface area (Å²) in [6.45, 7) is 4.83. The van der Waals surface area contributed by atoms with Gasteiger partial charge in [-0.1, -0.05) is 5.16 Å². The van der Waals surface area contributed by atoms with E-state index < -0.39 is 0 Å². The van der Waals surface area contributed by atoms with Gasteiger partial charge in [0, 0.05) is 42.7 Å². The molecule has 7 nitrogen and oxygen atoms in total. The first-order chi connectivity index (χ1) is 12.6. The Kier molecular flexibility index (Phi) is 5.48. The fraction of sp³-hybridized carbons (Fsp3) is 0.316. The summed E-state index contributed by atoms with van der Waals surface area (Å²) in [4.78, 5) is 16.4. The zero-order valence-corrected chi connectivity index (χ0v) is 15.2. The highest BCUT2D eigenvalue weighted by Gasteiger charge is 2.09. The maximum Gasteiger partial charge on any atom is 0.252 e. The molecule has 0 bridgehead atoms. The summed E-state index contributed by atoms with van der Waals surface area (Å²) in [5.74, 6) is 0.851. The van der Waals surface area contributed by atoms with Gasteiger partial charge in [0.15, 0.2) is 5.82 Å². The topological polar surface area (TPSA) is 82.2 Å². The number of nitrogens with one attached hydrogen (secondary N) is 1. The average Bonchev–Trinajstić information content (AvgIpc) is 3.22. The first kappa shape index (κ1) is 17.9. The Bertz CT molecular complexity index is 861. The lowest BCUT2D eigenvalue weighted by molar-refractivity contribution is 0.0954. The molecular weight excluding hydrogens is 332 g/mol. The van der Waals surface area contributed by atoms with Crippen molar-refractivity contribution in [2.45, 2.75) is 26.9 Å². The molecule has 2 heterocycles. The molecule has 0 aliphatic heterocycles. The van der Waals surface area contributed by atoms with E-state index >= 15 is 0 Å². The molecule has 0 atom stereocenters. The van der Waals surface area contributed by atoms with Crippen molar-refractivity contribution in [3.63, 3.8) is 0 Å². The standard InChI is InChI=1S/C19H22N4O3/c1-13-4-5-14(2)23(13)16-8-6-15(7-9-16)19(24)20-11-10-17-21-18(12-25-3)26-22-17/h4-9H,10-12H2,1-3H3,(H,20,24). The average molecular weight is 354 g/mol. The number of hydrogen-bond acceptors (Lipinski definition) is 5. The van der Waals surface area contributed by atoms with Crippen LogP contribution in [0.5, 0.6) is 0 Å². The molecule has 0 aliphatic rings. The molecule has 7 heteroatoms. The predicted octanol–water partition coefficient (Wildman–Crippen LogP) is 2.60. The van der Waals surface area contributed by atoms with E-state index in [2.05, 4.69) is 46.0 Å². The van der Waals surface area contributed by atoms with Crippen molar-refractivity contribution >= 4 is 5.91 Å². The maximum absolute atomic E-state index is 12.3. The number of nitrogens with zero attached hydrogens (tertiary/aromatic N) is 3. The van der Waals surface area contributed by atoms with Crippen LogP contribution in [0.15, 0.2) is 40.9 Å². The van der Waals surface area contributed by atoms with Gasteiger partial charge in [-0.25, -0.2) is 0 Å². The number of aryl methyl sites for hydroxylation is 2. The first-order valence-corrected chi connectivity index (χ1v) is 8.42. The smallest absolute Gasteiger partial charge is 0.252 e. The summed E-state index contributed by atoms with van der Waals surface area (Å²) >= 11 is 0. The van der Waals surface area contributed by atoms with Crippen molar-refractivity contribution in [3.8, 4) is 5.69 Å². The van der Waals surface area contributed by atoms with E-state index in [9.17, 15) is 4.79 Å². The predicted molar refractivity (Wildman–Crippen MR) is 96.3 cm³/mol. The molecule has 1 aromatic carbocycles. The highest BCUT2D eigenvalue weighted by Crippen LogP contribution is 2.16. The van der Waals surface area contributed by atoms with Gasteiger partial charge < -0.3 is 19.1 Å². The molecule has 0 saturated carbocycles. The Hall–Kier alpha value is -2.93. The zero-order chi connectivity index (χ0) is 18.5. The third kappa shape index (κ3) is 4.00. The Labute approximate surface area is 152 Å². The molecule has 1 amide bonds. The second kappa shape index (κ2) is 7.97. The maximum atomic E-state index is 12.3. The number of amides is 1. The molecule has 0 aliphatic carbocycles. The Morgan fingerprint density at radius 1 is 1.15 bits per heavy atom. The van der Waals surface area contributed by atoms with E-state index in [4.69, 9.17) is 9.26 Å². The summed E-state index contributed by atoms with van der Waals surface area (Å²) < 4.78 is 12.1. The molecule has 1 N–H and O–H groups in total. The summed E-state index contributed by atoms with van der Waals surface area (Å²) in [7, 11) is 1.56. The van der Waals surface area contributed by atoms with Crippen LogP contribution in [0, 0.1) is 13.8 Å². The van der Waals surface area contributed by atoms with Gasteiger partial charge in [0.25, 0.3) is 11.8 Å². The lowest BCUT2D eigenvalue weighted by Gasteiger charge is -2.10. The molecule has 26 heavy (non-hydrogen) atoms. The molecule has 3 aromatic rings. The largest absolute Gasteiger partial charge is 0.375 e. The minimum absolute atomic E-state index is 0.127. The van der Waals surface area contributed by atoms with Gasteiger partial charge in [-0.15, -0.1) is 0 Å². The molecule has 0 saturated heterocycles. The first-order valence-electron chi connectivity index (χ1n) is 8.42. The number of methoxy groups -OCH3 is 1. The van der Waals surface area contributed by atoms with Crippen molar-refractivity contribution in [2.24, 2.45) is 0 Å². The number of aromatic nitrogens is 3. The lowest BCUT2D eigenvalue weighted by Crippen LogP contribution is -2.25. The van der Waals surface area contributed by atoms with Gasteiger partial charge in [-0.2, -0.15) is 4.98 Å². The molecule has 0 spiro atoms. The number of rotatable bonds is 7. The van der Waals surface area contributed by atoms with Crippen molar-refractivity contribution in [1.29, 1.82) is 0 Å². The zero-order valence-electron chi connectivity index (χ0n) is 15.2. The third-order valence-corrected chi connectivity index (χ3v) is 4.07. The number of carbonyl (C=O) groups excluding carboxylic acids is 1. The Balaban J connectivity index is 1.56. The van der Waals surface area contributed by atoms with Crippen LogP contribution < -0.4 is 5.32 Å². The molecule has 0 fully saturated rings. The van der Waals surface area contributed by atoms with Crippen LogP contribution >= 0.6 is 0 Å². The highest BCUT2D eigenvalue weighted by molar-refractivity contribution is 5.94. The quantitative estimate of drug-likeness (QED) is 0.705. The highest BCUT2D eigenvalue weighted by atomic mass is 16.5. The fourth-order valence-electron chi connectivity index (χ4n) is 2.80. The second-order valence-electron chi connectivity index (χ2n) is 6.04. The molecule has 136 valence electrons. The van der Waals surface area contributed by atoms with Crippen molar-refractivity contribution in [2.75, 3.05) is 13.7 Å². The molecule has 2 aromatic heterocycles. The monoisotopic (exact) mass is 354 g/mol. The van der Waals surface area contributed by atoms with Gasteiger partial charge in [0.05, 0.1) is 0 Å². The van der Waals surface area contributed by atoms with Gasteiger partial charge in [-0.3, -0.25) is 4.79 Å². The second-order valence-corrected chi connectivity index (χ2v) is 6.04. The van der Waals surface area contributed by atoms with Crippen LogP contribution in [0.1, 0.15) is 33.5 Å². The summed E-state index contributed by atoms with van der Waals surface area (Å²) in [5, 5.41) is 6.71. The minimum Gasteiger partial charge on any atom is -0.375 e. The number of hydrogen-bond donors (Lipinski definition) is 1. The summed E-state index contributed by atoms with van der Waals surface area (Å²) in [6.07, 6.45) is 0.499. The van der Waals surface area contributed by atoms with Crippen LogP contribution in [0.2, 0.25) is 0 Å². The van der Waals surface area contributed by atoms with Crippen molar-refractivity contribution in [3.05, 3.63) is 65.1 Å². The van der Waals surface area contributed by atoms with Crippen LogP contribution in [-0.4, -0.2) is 34.3 Å². The van der Waals surface area contributed by atoms with E-state index in [0.29, 0.717) is 30.2 Å². The lowest BCUT2D eigenvalue weighted by atomic mass is 10.2. The number of carbonyl (C=O) groups is 1. The third-order valence-electron chi connectivity index (χ3n) is 4.07. The van der Waals surface area contributed by atoms with E-state index in [-0.39, 0.29) is 12.5 Å². The normalized spacial score (nSPS) is 10.9. The van der Waals surface area contributed by atoms with Gasteiger partial charge >= 0.3 is 0 Å². The fourth-order valence-corrected chi connectivity index (χ4v) is 2.80. The SMILES string of the molecule is COCc1nc(CCNC(=O)c2ccc(-n3c(C)ccc3C)cc2)no1. The van der Waals surface area contributed by atoms with E-state index in [1.54, 1.807) is 7.11 Å².